The van der Waals surface area contributed by atoms with E-state index in [0.717, 1.165) is 0 Å². The number of amides is 2. The molecule has 0 unspecified atom stereocenters. The van der Waals surface area contributed by atoms with Crippen molar-refractivity contribution in [2.75, 3.05) is 26.2 Å². The summed E-state index contributed by atoms with van der Waals surface area (Å²) in [6, 6.07) is 8.37. The molecule has 1 aromatic heterocycles. The van der Waals surface area contributed by atoms with E-state index < -0.39 is 0 Å². The first-order valence-corrected chi connectivity index (χ1v) is 8.26. The van der Waals surface area contributed by atoms with E-state index in [9.17, 15) is 9.59 Å². The molecule has 0 N–H and O–H groups in total. The molecule has 24 heavy (non-hydrogen) atoms. The molecular formula is C17H15Cl2N3O2. The van der Waals surface area contributed by atoms with Gasteiger partial charge in [-0.25, -0.2) is 0 Å². The zero-order chi connectivity index (χ0) is 17.1. The van der Waals surface area contributed by atoms with E-state index in [1.807, 2.05) is 0 Å². The number of aromatic nitrogens is 1. The minimum Gasteiger partial charge on any atom is -0.335 e. The van der Waals surface area contributed by atoms with Crippen LogP contribution in [0.2, 0.25) is 10.0 Å². The maximum atomic E-state index is 12.6. The number of hydrogen-bond donors (Lipinski definition) is 0. The number of halogens is 2. The number of benzene rings is 1. The Bertz CT molecular complexity index is 760. The molecule has 1 aliphatic rings. The topological polar surface area (TPSA) is 53.5 Å². The Balaban J connectivity index is 1.66. The van der Waals surface area contributed by atoms with Gasteiger partial charge in [0, 0.05) is 44.1 Å². The minimum absolute atomic E-state index is 0.0507. The second-order valence-corrected chi connectivity index (χ2v) is 6.21. The summed E-state index contributed by atoms with van der Waals surface area (Å²) in [5, 5.41) is 0.619. The van der Waals surface area contributed by atoms with E-state index in [4.69, 9.17) is 23.2 Å². The van der Waals surface area contributed by atoms with Gasteiger partial charge in [-0.2, -0.15) is 0 Å². The summed E-state index contributed by atoms with van der Waals surface area (Å²) < 4.78 is 0. The SMILES string of the molecule is O=C(c1ccncc1)N1CCN(C(=O)c2cccc(Cl)c2Cl)CC1. The van der Waals surface area contributed by atoms with E-state index in [0.29, 0.717) is 42.3 Å². The molecule has 1 aliphatic heterocycles. The number of piperazine rings is 1. The summed E-state index contributed by atoms with van der Waals surface area (Å²) in [4.78, 5) is 32.3. The van der Waals surface area contributed by atoms with Gasteiger partial charge in [-0.05, 0) is 24.3 Å². The fraction of sp³-hybridized carbons (Fsp3) is 0.235. The second kappa shape index (κ2) is 7.20. The first-order chi connectivity index (χ1) is 11.6. The van der Waals surface area contributed by atoms with Gasteiger partial charge in [0.2, 0.25) is 0 Å². The van der Waals surface area contributed by atoms with Gasteiger partial charge in [0.15, 0.2) is 0 Å². The third kappa shape index (κ3) is 3.37. The van der Waals surface area contributed by atoms with Gasteiger partial charge in [0.25, 0.3) is 11.8 Å². The van der Waals surface area contributed by atoms with E-state index in [-0.39, 0.29) is 16.8 Å². The van der Waals surface area contributed by atoms with Crippen LogP contribution in [0.5, 0.6) is 0 Å². The molecule has 3 rings (SSSR count). The normalized spacial score (nSPS) is 14.6. The van der Waals surface area contributed by atoms with Gasteiger partial charge in [-0.1, -0.05) is 29.3 Å². The lowest BCUT2D eigenvalue weighted by Crippen LogP contribution is -2.50. The van der Waals surface area contributed by atoms with Gasteiger partial charge < -0.3 is 9.80 Å². The maximum Gasteiger partial charge on any atom is 0.255 e. The standard InChI is InChI=1S/C17H15Cl2N3O2/c18-14-3-1-2-13(15(14)19)17(24)22-10-8-21(9-11-22)16(23)12-4-6-20-7-5-12/h1-7H,8-11H2. The van der Waals surface area contributed by atoms with Crippen LogP contribution in [0, 0.1) is 0 Å². The fourth-order valence-electron chi connectivity index (χ4n) is 2.63. The van der Waals surface area contributed by atoms with Gasteiger partial charge >= 0.3 is 0 Å². The quantitative estimate of drug-likeness (QED) is 0.823. The molecule has 2 aromatic rings. The Kier molecular flexibility index (Phi) is 5.02. The predicted octanol–water partition coefficient (Wildman–Crippen LogP) is 2.99. The number of pyridine rings is 1. The molecule has 0 bridgehead atoms. The van der Waals surface area contributed by atoms with Crippen LogP contribution in [-0.2, 0) is 0 Å². The van der Waals surface area contributed by atoms with Crippen molar-refractivity contribution in [1.82, 2.24) is 14.8 Å². The van der Waals surface area contributed by atoms with E-state index >= 15 is 0 Å². The van der Waals surface area contributed by atoms with Crippen molar-refractivity contribution in [3.05, 3.63) is 63.9 Å². The van der Waals surface area contributed by atoms with Crippen molar-refractivity contribution in [3.63, 3.8) is 0 Å². The number of nitrogens with zero attached hydrogens (tertiary/aromatic N) is 3. The molecular weight excluding hydrogens is 349 g/mol. The number of hydrogen-bond acceptors (Lipinski definition) is 3. The lowest BCUT2D eigenvalue weighted by atomic mass is 10.1. The zero-order valence-corrected chi connectivity index (χ0v) is 14.3. The predicted molar refractivity (Wildman–Crippen MR) is 92.5 cm³/mol. The average molecular weight is 364 g/mol. The average Bonchev–Trinajstić information content (AvgIpc) is 2.64. The van der Waals surface area contributed by atoms with Crippen LogP contribution in [0.15, 0.2) is 42.7 Å². The number of rotatable bonds is 2. The highest BCUT2D eigenvalue weighted by Gasteiger charge is 2.26. The van der Waals surface area contributed by atoms with Gasteiger partial charge in [-0.15, -0.1) is 0 Å². The fourth-order valence-corrected chi connectivity index (χ4v) is 3.01. The van der Waals surface area contributed by atoms with Crippen molar-refractivity contribution >= 4 is 35.0 Å². The van der Waals surface area contributed by atoms with Crippen molar-refractivity contribution in [1.29, 1.82) is 0 Å². The highest BCUT2D eigenvalue weighted by atomic mass is 35.5. The molecule has 0 radical (unpaired) electrons. The minimum atomic E-state index is -0.168. The van der Waals surface area contributed by atoms with Gasteiger partial charge in [0.1, 0.15) is 0 Å². The molecule has 0 aliphatic carbocycles. The first-order valence-electron chi connectivity index (χ1n) is 7.50. The molecule has 124 valence electrons. The van der Waals surface area contributed by atoms with Crippen LogP contribution in [0.25, 0.3) is 0 Å². The van der Waals surface area contributed by atoms with Crippen molar-refractivity contribution in [2.24, 2.45) is 0 Å². The molecule has 5 nitrogen and oxygen atoms in total. The summed E-state index contributed by atoms with van der Waals surface area (Å²) >= 11 is 12.1. The summed E-state index contributed by atoms with van der Waals surface area (Å²) in [5.41, 5.74) is 0.987. The summed E-state index contributed by atoms with van der Waals surface area (Å²) in [5.74, 6) is -0.219. The smallest absolute Gasteiger partial charge is 0.255 e. The molecule has 0 spiro atoms. The van der Waals surface area contributed by atoms with Gasteiger partial charge in [0.05, 0.1) is 15.6 Å². The Morgan fingerprint density at radius 2 is 1.46 bits per heavy atom. The zero-order valence-electron chi connectivity index (χ0n) is 12.8. The second-order valence-electron chi connectivity index (χ2n) is 5.42. The van der Waals surface area contributed by atoms with Crippen LogP contribution in [0.1, 0.15) is 20.7 Å². The summed E-state index contributed by atoms with van der Waals surface area (Å²) in [6.45, 7) is 1.87. The lowest BCUT2D eigenvalue weighted by Gasteiger charge is -2.35. The molecule has 2 heterocycles. The molecule has 7 heteroatoms. The molecule has 0 atom stereocenters. The molecule has 0 saturated carbocycles. The Hall–Kier alpha value is -2.11. The Morgan fingerprint density at radius 1 is 0.875 bits per heavy atom. The van der Waals surface area contributed by atoms with E-state index in [1.54, 1.807) is 52.5 Å². The summed E-state index contributed by atoms with van der Waals surface area (Å²) in [6.07, 6.45) is 3.18. The molecule has 1 saturated heterocycles. The van der Waals surface area contributed by atoms with Crippen LogP contribution in [0.3, 0.4) is 0 Å². The van der Waals surface area contributed by atoms with Crippen LogP contribution in [-0.4, -0.2) is 52.8 Å². The van der Waals surface area contributed by atoms with Crippen molar-refractivity contribution in [3.8, 4) is 0 Å². The van der Waals surface area contributed by atoms with Crippen molar-refractivity contribution < 1.29 is 9.59 Å². The third-order valence-corrected chi connectivity index (χ3v) is 4.78. The number of carbonyl (C=O) groups excluding carboxylic acids is 2. The first kappa shape index (κ1) is 16.7. The van der Waals surface area contributed by atoms with Gasteiger partial charge in [-0.3, -0.25) is 14.6 Å². The van der Waals surface area contributed by atoms with Crippen LogP contribution >= 0.6 is 23.2 Å². The maximum absolute atomic E-state index is 12.6. The third-order valence-electron chi connectivity index (χ3n) is 3.96. The van der Waals surface area contributed by atoms with Crippen LogP contribution < -0.4 is 0 Å². The Morgan fingerprint density at radius 3 is 2.08 bits per heavy atom. The molecule has 1 fully saturated rings. The van der Waals surface area contributed by atoms with E-state index in [1.165, 1.54) is 0 Å². The summed E-state index contributed by atoms with van der Waals surface area (Å²) in [7, 11) is 0. The lowest BCUT2D eigenvalue weighted by molar-refractivity contribution is 0.0535. The largest absolute Gasteiger partial charge is 0.335 e. The highest BCUT2D eigenvalue weighted by molar-refractivity contribution is 6.43. The number of carbonyl (C=O) groups is 2. The monoisotopic (exact) mass is 363 g/mol. The van der Waals surface area contributed by atoms with E-state index in [2.05, 4.69) is 4.98 Å². The van der Waals surface area contributed by atoms with Crippen LogP contribution in [0.4, 0.5) is 0 Å². The Labute approximate surface area is 149 Å². The molecule has 2 amide bonds. The highest BCUT2D eigenvalue weighted by Crippen LogP contribution is 2.26. The van der Waals surface area contributed by atoms with Crippen molar-refractivity contribution in [2.45, 2.75) is 0 Å². The molecule has 1 aromatic carbocycles.